The van der Waals surface area contributed by atoms with Crippen molar-refractivity contribution in [3.05, 3.63) is 71.6 Å². The highest BCUT2D eigenvalue weighted by atomic mass is 19.1. The van der Waals surface area contributed by atoms with Crippen molar-refractivity contribution in [2.75, 3.05) is 18.4 Å². The third kappa shape index (κ3) is 4.80. The first-order valence-corrected chi connectivity index (χ1v) is 10.8. The predicted molar refractivity (Wildman–Crippen MR) is 122 cm³/mol. The maximum Gasteiger partial charge on any atom is 0.252 e. The van der Waals surface area contributed by atoms with Gasteiger partial charge in [0.1, 0.15) is 18.0 Å². The topological polar surface area (TPSA) is 117 Å². The summed E-state index contributed by atoms with van der Waals surface area (Å²) in [6, 6.07) is 9.12. The largest absolute Gasteiger partial charge is 0.422 e. The van der Waals surface area contributed by atoms with Gasteiger partial charge in [0.05, 0.1) is 23.3 Å². The lowest BCUT2D eigenvalue weighted by Crippen LogP contribution is -2.20. The predicted octanol–water partition coefficient (Wildman–Crippen LogP) is 3.32. The Bertz CT molecular complexity index is 1400. The summed E-state index contributed by atoms with van der Waals surface area (Å²) in [5, 5.41) is 6.45. The zero-order chi connectivity index (χ0) is 22.6. The van der Waals surface area contributed by atoms with Crippen LogP contribution in [-0.2, 0) is 19.4 Å². The molecule has 4 heterocycles. The molecule has 5 rings (SSSR count). The Kier molecular flexibility index (Phi) is 5.90. The van der Waals surface area contributed by atoms with E-state index < -0.39 is 0 Å². The molecule has 0 saturated heterocycles. The summed E-state index contributed by atoms with van der Waals surface area (Å²) in [6.45, 7) is 3.73. The minimum atomic E-state index is -0.375. The summed E-state index contributed by atoms with van der Waals surface area (Å²) in [5.41, 5.74) is 4.46. The highest BCUT2D eigenvalue weighted by molar-refractivity contribution is 5.80. The van der Waals surface area contributed by atoms with E-state index >= 15 is 0 Å². The lowest BCUT2D eigenvalue weighted by molar-refractivity contribution is 0.508. The van der Waals surface area contributed by atoms with E-state index in [2.05, 4.69) is 59.6 Å². The molecule has 4 aromatic heterocycles. The third-order valence-corrected chi connectivity index (χ3v) is 5.24. The number of aryl methyl sites for hydroxylation is 1. The molecule has 0 spiro atoms. The van der Waals surface area contributed by atoms with Gasteiger partial charge in [-0.1, -0.05) is 6.07 Å². The van der Waals surface area contributed by atoms with Crippen LogP contribution in [0.3, 0.4) is 0 Å². The average molecular weight is 446 g/mol. The number of imidazole rings is 1. The Morgan fingerprint density at radius 2 is 1.97 bits per heavy atom. The fraction of sp³-hybridized carbons (Fsp3) is 0.261. The number of nitrogens with one attached hydrogen (secondary N) is 3. The molecule has 0 aliphatic carbocycles. The van der Waals surface area contributed by atoms with Crippen molar-refractivity contribution in [3.63, 3.8) is 0 Å². The Hall–Kier alpha value is -3.92. The van der Waals surface area contributed by atoms with E-state index in [1.165, 1.54) is 18.0 Å². The van der Waals surface area contributed by atoms with Crippen LogP contribution in [0.2, 0.25) is 0 Å². The Morgan fingerprint density at radius 3 is 2.88 bits per heavy atom. The van der Waals surface area contributed by atoms with E-state index in [4.69, 9.17) is 4.42 Å². The van der Waals surface area contributed by atoms with E-state index in [-0.39, 0.29) is 12.4 Å². The number of halogens is 1. The van der Waals surface area contributed by atoms with Gasteiger partial charge in [0, 0.05) is 32.1 Å². The minimum Gasteiger partial charge on any atom is -0.422 e. The second-order valence-electron chi connectivity index (χ2n) is 7.72. The number of aromatic nitrogens is 6. The van der Waals surface area contributed by atoms with Crippen LogP contribution in [0.1, 0.15) is 23.0 Å². The SMILES string of the molecule is Cc1ccc2nc(CCNCCc3nc4c(NCc5ncccc5F)ncnc4o3)[nH]c2c1. The number of nitrogens with zero attached hydrogens (tertiary/aromatic N) is 5. The normalized spacial score (nSPS) is 11.5. The Labute approximate surface area is 188 Å². The van der Waals surface area contributed by atoms with Gasteiger partial charge in [-0.3, -0.25) is 4.98 Å². The second-order valence-corrected chi connectivity index (χ2v) is 7.72. The van der Waals surface area contributed by atoms with Gasteiger partial charge in [0.25, 0.3) is 5.71 Å². The maximum atomic E-state index is 13.8. The number of H-pyrrole nitrogens is 1. The van der Waals surface area contributed by atoms with Crippen molar-refractivity contribution in [3.8, 4) is 0 Å². The molecule has 168 valence electrons. The van der Waals surface area contributed by atoms with Crippen molar-refractivity contribution in [1.82, 2.24) is 35.2 Å². The van der Waals surface area contributed by atoms with E-state index in [0.29, 0.717) is 41.6 Å². The molecule has 0 aliphatic rings. The number of fused-ring (bicyclic) bond motifs is 2. The van der Waals surface area contributed by atoms with Crippen LogP contribution in [0, 0.1) is 12.7 Å². The monoisotopic (exact) mass is 446 g/mol. The van der Waals surface area contributed by atoms with Gasteiger partial charge in [-0.05, 0) is 36.8 Å². The number of oxazole rings is 1. The molecule has 0 saturated carbocycles. The van der Waals surface area contributed by atoms with E-state index in [0.717, 1.165) is 29.8 Å². The highest BCUT2D eigenvalue weighted by Crippen LogP contribution is 2.20. The van der Waals surface area contributed by atoms with Crippen LogP contribution < -0.4 is 10.6 Å². The third-order valence-electron chi connectivity index (χ3n) is 5.24. The van der Waals surface area contributed by atoms with Crippen molar-refractivity contribution in [2.24, 2.45) is 0 Å². The van der Waals surface area contributed by atoms with Crippen LogP contribution in [0.25, 0.3) is 22.3 Å². The molecule has 0 aliphatic heterocycles. The van der Waals surface area contributed by atoms with Crippen LogP contribution in [-0.4, -0.2) is 43.0 Å². The number of aromatic amines is 1. The van der Waals surface area contributed by atoms with Gasteiger partial charge in [-0.15, -0.1) is 0 Å². The number of pyridine rings is 1. The fourth-order valence-electron chi connectivity index (χ4n) is 3.57. The fourth-order valence-corrected chi connectivity index (χ4v) is 3.57. The molecular weight excluding hydrogens is 423 g/mol. The Balaban J connectivity index is 1.15. The summed E-state index contributed by atoms with van der Waals surface area (Å²) in [5.74, 6) is 1.62. The molecule has 1 aromatic carbocycles. The molecule has 0 fully saturated rings. The molecule has 10 heteroatoms. The van der Waals surface area contributed by atoms with Gasteiger partial charge in [-0.25, -0.2) is 19.3 Å². The summed E-state index contributed by atoms with van der Waals surface area (Å²) < 4.78 is 19.6. The summed E-state index contributed by atoms with van der Waals surface area (Å²) in [6.07, 6.45) is 4.34. The van der Waals surface area contributed by atoms with Crippen LogP contribution in [0.4, 0.5) is 10.2 Å². The molecule has 0 atom stereocenters. The van der Waals surface area contributed by atoms with Gasteiger partial charge >= 0.3 is 0 Å². The summed E-state index contributed by atoms with van der Waals surface area (Å²) in [4.78, 5) is 24.9. The number of rotatable bonds is 9. The van der Waals surface area contributed by atoms with E-state index in [1.54, 1.807) is 12.3 Å². The first kappa shape index (κ1) is 21.0. The highest BCUT2D eigenvalue weighted by Gasteiger charge is 2.13. The molecule has 9 nitrogen and oxygen atoms in total. The maximum absolute atomic E-state index is 13.8. The molecule has 3 N–H and O–H groups in total. The van der Waals surface area contributed by atoms with Gasteiger partial charge in [-0.2, -0.15) is 4.98 Å². The van der Waals surface area contributed by atoms with Crippen molar-refractivity contribution in [1.29, 1.82) is 0 Å². The lowest BCUT2D eigenvalue weighted by atomic mass is 10.2. The first-order valence-electron chi connectivity index (χ1n) is 10.8. The molecular formula is C23H23FN8O. The van der Waals surface area contributed by atoms with Crippen molar-refractivity contribution in [2.45, 2.75) is 26.3 Å². The standard InChI is InChI=1S/C23H23FN8O/c1-14-4-5-16-17(11-14)31-19(30-16)6-9-25-10-7-20-32-21-22(28-13-29-23(21)33-20)27-12-18-15(24)3-2-8-26-18/h2-5,8,11,13,25H,6-7,9-10,12H2,1H3,(H,30,31)(H,27,28,29). The quantitative estimate of drug-likeness (QED) is 0.295. The summed E-state index contributed by atoms with van der Waals surface area (Å²) in [7, 11) is 0. The summed E-state index contributed by atoms with van der Waals surface area (Å²) >= 11 is 0. The first-order chi connectivity index (χ1) is 16.2. The van der Waals surface area contributed by atoms with Crippen molar-refractivity contribution < 1.29 is 8.81 Å². The van der Waals surface area contributed by atoms with Crippen LogP contribution in [0.5, 0.6) is 0 Å². The second kappa shape index (κ2) is 9.29. The average Bonchev–Trinajstić information content (AvgIpc) is 3.41. The number of anilines is 1. The van der Waals surface area contributed by atoms with Crippen LogP contribution >= 0.6 is 0 Å². The van der Waals surface area contributed by atoms with Gasteiger partial charge < -0.3 is 20.0 Å². The molecule has 5 aromatic rings. The number of hydrogen-bond donors (Lipinski definition) is 3. The van der Waals surface area contributed by atoms with Crippen LogP contribution in [0.15, 0.2) is 47.3 Å². The zero-order valence-electron chi connectivity index (χ0n) is 18.1. The molecule has 0 unspecified atom stereocenters. The van der Waals surface area contributed by atoms with E-state index in [9.17, 15) is 4.39 Å². The number of hydrogen-bond acceptors (Lipinski definition) is 8. The zero-order valence-corrected chi connectivity index (χ0v) is 18.1. The Morgan fingerprint density at radius 1 is 1.06 bits per heavy atom. The molecule has 33 heavy (non-hydrogen) atoms. The number of benzene rings is 1. The van der Waals surface area contributed by atoms with Gasteiger partial charge in [0.2, 0.25) is 0 Å². The lowest BCUT2D eigenvalue weighted by Gasteiger charge is -2.05. The molecule has 0 amide bonds. The minimum absolute atomic E-state index is 0.184. The smallest absolute Gasteiger partial charge is 0.252 e. The van der Waals surface area contributed by atoms with Crippen molar-refractivity contribution >= 4 is 28.1 Å². The molecule has 0 radical (unpaired) electrons. The molecule has 0 bridgehead atoms. The van der Waals surface area contributed by atoms with Gasteiger partial charge in [0.15, 0.2) is 17.2 Å². The van der Waals surface area contributed by atoms with E-state index in [1.807, 2.05) is 6.07 Å².